The summed E-state index contributed by atoms with van der Waals surface area (Å²) in [5.74, 6) is -0.0363. The first-order valence-electron chi connectivity index (χ1n) is 10.3. The van der Waals surface area contributed by atoms with Gasteiger partial charge in [-0.15, -0.1) is 0 Å². The Labute approximate surface area is 198 Å². The number of halogens is 1. The van der Waals surface area contributed by atoms with Gasteiger partial charge in [-0.05, 0) is 53.6 Å². The van der Waals surface area contributed by atoms with Crippen molar-refractivity contribution in [1.82, 2.24) is 4.98 Å². The number of nitro benzene ring substituents is 1. The molecule has 1 aromatic heterocycles. The third kappa shape index (κ3) is 4.24. The summed E-state index contributed by atoms with van der Waals surface area (Å²) in [7, 11) is 0. The third-order valence-electron chi connectivity index (χ3n) is 5.29. The lowest BCUT2D eigenvalue weighted by atomic mass is 10.0. The topological polar surface area (TPSA) is 98.3 Å². The number of nitrogens with zero attached hydrogens (tertiary/aromatic N) is 2. The number of fused-ring (bicyclic) bond motifs is 1. The molecule has 1 heterocycles. The van der Waals surface area contributed by atoms with Crippen molar-refractivity contribution >= 4 is 40.0 Å². The Bertz CT molecular complexity index is 1530. The van der Waals surface area contributed by atoms with Gasteiger partial charge in [-0.25, -0.2) is 4.98 Å². The summed E-state index contributed by atoms with van der Waals surface area (Å²) in [6.45, 7) is 0. The fourth-order valence-corrected chi connectivity index (χ4v) is 3.75. The fraction of sp³-hybridized carbons (Fsp3) is 0. The Morgan fingerprint density at radius 3 is 2.32 bits per heavy atom. The molecule has 5 rings (SSSR count). The Kier molecular flexibility index (Phi) is 5.53. The van der Waals surface area contributed by atoms with Gasteiger partial charge in [0.15, 0.2) is 5.58 Å². The predicted octanol–water partition coefficient (Wildman–Crippen LogP) is 6.98. The van der Waals surface area contributed by atoms with E-state index in [4.69, 9.17) is 16.0 Å². The maximum absolute atomic E-state index is 12.6. The number of rotatable bonds is 5. The van der Waals surface area contributed by atoms with Gasteiger partial charge in [-0.1, -0.05) is 54.1 Å². The molecule has 34 heavy (non-hydrogen) atoms. The zero-order chi connectivity index (χ0) is 23.7. The summed E-state index contributed by atoms with van der Waals surface area (Å²) >= 11 is 5.82. The van der Waals surface area contributed by atoms with Crippen molar-refractivity contribution in [1.29, 1.82) is 0 Å². The number of carbonyl (C=O) groups excluding carboxylic acids is 1. The second-order valence-electron chi connectivity index (χ2n) is 7.52. The summed E-state index contributed by atoms with van der Waals surface area (Å²) in [5, 5.41) is 13.8. The van der Waals surface area contributed by atoms with Crippen LogP contribution >= 0.6 is 11.6 Å². The average Bonchev–Trinajstić information content (AvgIpc) is 3.28. The zero-order valence-electron chi connectivity index (χ0n) is 17.6. The summed E-state index contributed by atoms with van der Waals surface area (Å²) in [6.07, 6.45) is 0. The number of aromatic nitrogens is 1. The summed E-state index contributed by atoms with van der Waals surface area (Å²) < 4.78 is 5.89. The van der Waals surface area contributed by atoms with E-state index in [0.717, 1.165) is 22.8 Å². The second-order valence-corrected chi connectivity index (χ2v) is 7.93. The highest BCUT2D eigenvalue weighted by Gasteiger charge is 2.17. The Hall–Kier alpha value is -4.49. The molecule has 0 spiro atoms. The molecule has 5 aromatic rings. The maximum atomic E-state index is 12.6. The van der Waals surface area contributed by atoms with Gasteiger partial charge in [0.05, 0.1) is 4.92 Å². The quantitative estimate of drug-likeness (QED) is 0.221. The van der Waals surface area contributed by atoms with E-state index in [9.17, 15) is 14.9 Å². The molecular formula is C26H16ClN3O4. The van der Waals surface area contributed by atoms with E-state index in [2.05, 4.69) is 10.3 Å². The van der Waals surface area contributed by atoms with E-state index in [1.54, 1.807) is 18.2 Å². The van der Waals surface area contributed by atoms with Crippen molar-refractivity contribution in [3.63, 3.8) is 0 Å². The molecule has 0 aliphatic heterocycles. The van der Waals surface area contributed by atoms with Crippen LogP contribution < -0.4 is 5.32 Å². The fourth-order valence-electron chi connectivity index (χ4n) is 3.56. The van der Waals surface area contributed by atoms with Crippen LogP contribution in [0.3, 0.4) is 0 Å². The lowest BCUT2D eigenvalue weighted by Gasteiger charge is -2.05. The number of carbonyl (C=O) groups is 1. The van der Waals surface area contributed by atoms with Crippen molar-refractivity contribution in [2.75, 3.05) is 5.32 Å². The van der Waals surface area contributed by atoms with Crippen molar-refractivity contribution in [2.24, 2.45) is 0 Å². The molecule has 0 atom stereocenters. The third-order valence-corrected chi connectivity index (χ3v) is 5.61. The number of oxazole rings is 1. The van der Waals surface area contributed by atoms with Crippen LogP contribution in [0.5, 0.6) is 0 Å². The molecule has 0 aliphatic rings. The predicted molar refractivity (Wildman–Crippen MR) is 131 cm³/mol. The van der Waals surface area contributed by atoms with E-state index >= 15 is 0 Å². The standard InChI is InChI=1S/C26H16ClN3O4/c27-21-12-10-19(14-23(21)30(32)33)25(31)28-20-11-13-24-22(15-20)29-26(34-24)18-8-6-17(7-9-18)16-4-2-1-3-5-16/h1-15H,(H,28,31). The Morgan fingerprint density at radius 1 is 0.882 bits per heavy atom. The summed E-state index contributed by atoms with van der Waals surface area (Å²) in [5.41, 5.74) is 4.46. The van der Waals surface area contributed by atoms with Crippen LogP contribution in [0.1, 0.15) is 10.4 Å². The Balaban J connectivity index is 1.37. The molecule has 0 saturated heterocycles. The van der Waals surface area contributed by atoms with E-state index in [1.807, 2.05) is 54.6 Å². The normalized spacial score (nSPS) is 10.9. The molecule has 0 radical (unpaired) electrons. The van der Waals surface area contributed by atoms with E-state index in [0.29, 0.717) is 22.7 Å². The summed E-state index contributed by atoms with van der Waals surface area (Å²) in [4.78, 5) is 27.6. The zero-order valence-corrected chi connectivity index (χ0v) is 18.3. The molecule has 166 valence electrons. The molecule has 7 nitrogen and oxygen atoms in total. The molecule has 0 bridgehead atoms. The van der Waals surface area contributed by atoms with Crippen LogP contribution in [0.2, 0.25) is 5.02 Å². The van der Waals surface area contributed by atoms with Crippen LogP contribution in [-0.2, 0) is 0 Å². The highest BCUT2D eigenvalue weighted by atomic mass is 35.5. The monoisotopic (exact) mass is 469 g/mol. The average molecular weight is 470 g/mol. The van der Waals surface area contributed by atoms with Crippen LogP contribution in [0.4, 0.5) is 11.4 Å². The van der Waals surface area contributed by atoms with Gasteiger partial charge >= 0.3 is 0 Å². The number of hydrogen-bond acceptors (Lipinski definition) is 5. The minimum absolute atomic E-state index is 0.0325. The van der Waals surface area contributed by atoms with Crippen molar-refractivity contribution < 1.29 is 14.1 Å². The molecular weight excluding hydrogens is 454 g/mol. The number of nitro groups is 1. The first-order valence-corrected chi connectivity index (χ1v) is 10.7. The van der Waals surface area contributed by atoms with Gasteiger partial charge < -0.3 is 9.73 Å². The maximum Gasteiger partial charge on any atom is 0.288 e. The largest absolute Gasteiger partial charge is 0.436 e. The smallest absolute Gasteiger partial charge is 0.288 e. The molecule has 4 aromatic carbocycles. The van der Waals surface area contributed by atoms with Gasteiger partial charge in [-0.2, -0.15) is 0 Å². The minimum atomic E-state index is -0.630. The first kappa shape index (κ1) is 21.4. The number of anilines is 1. The highest BCUT2D eigenvalue weighted by Crippen LogP contribution is 2.29. The lowest BCUT2D eigenvalue weighted by Crippen LogP contribution is -2.12. The molecule has 1 amide bonds. The molecule has 0 aliphatic carbocycles. The van der Waals surface area contributed by atoms with Gasteiger partial charge in [0.2, 0.25) is 5.89 Å². The molecule has 8 heteroatoms. The SMILES string of the molecule is O=C(Nc1ccc2oc(-c3ccc(-c4ccccc4)cc3)nc2c1)c1ccc(Cl)c([N+](=O)[O-])c1. The summed E-state index contributed by atoms with van der Waals surface area (Å²) in [6, 6.07) is 26.9. The van der Waals surface area contributed by atoms with E-state index in [1.165, 1.54) is 12.1 Å². The molecule has 0 fully saturated rings. The van der Waals surface area contributed by atoms with Crippen LogP contribution in [0.25, 0.3) is 33.7 Å². The van der Waals surface area contributed by atoms with Gasteiger partial charge in [0.25, 0.3) is 11.6 Å². The van der Waals surface area contributed by atoms with Gasteiger partial charge in [0, 0.05) is 22.9 Å². The molecule has 0 unspecified atom stereocenters. The molecule has 0 saturated carbocycles. The van der Waals surface area contributed by atoms with Crippen molar-refractivity contribution in [3.05, 3.63) is 112 Å². The van der Waals surface area contributed by atoms with E-state index in [-0.39, 0.29) is 16.3 Å². The minimum Gasteiger partial charge on any atom is -0.436 e. The number of hydrogen-bond donors (Lipinski definition) is 1. The van der Waals surface area contributed by atoms with Crippen LogP contribution in [-0.4, -0.2) is 15.8 Å². The van der Waals surface area contributed by atoms with Gasteiger partial charge in [0.1, 0.15) is 10.5 Å². The lowest BCUT2D eigenvalue weighted by molar-refractivity contribution is -0.384. The second kappa shape index (κ2) is 8.80. The number of benzene rings is 4. The highest BCUT2D eigenvalue weighted by molar-refractivity contribution is 6.32. The number of nitrogens with one attached hydrogen (secondary N) is 1. The van der Waals surface area contributed by atoms with Gasteiger partial charge in [-0.3, -0.25) is 14.9 Å². The van der Waals surface area contributed by atoms with Crippen LogP contribution in [0, 0.1) is 10.1 Å². The number of amides is 1. The molecule has 1 N–H and O–H groups in total. The van der Waals surface area contributed by atoms with Crippen LogP contribution in [0.15, 0.2) is 95.4 Å². The van der Waals surface area contributed by atoms with Crippen molar-refractivity contribution in [2.45, 2.75) is 0 Å². The first-order chi connectivity index (χ1) is 16.5. The Morgan fingerprint density at radius 2 is 1.59 bits per heavy atom. The van der Waals surface area contributed by atoms with Crippen molar-refractivity contribution in [3.8, 4) is 22.6 Å². The van der Waals surface area contributed by atoms with E-state index < -0.39 is 10.8 Å².